The number of hydrogen-bond donors (Lipinski definition) is 0. The van der Waals surface area contributed by atoms with E-state index in [0.29, 0.717) is 16.6 Å². The van der Waals surface area contributed by atoms with Gasteiger partial charge in [0.2, 0.25) is 5.91 Å². The van der Waals surface area contributed by atoms with Crippen molar-refractivity contribution in [2.45, 2.75) is 26.4 Å². The van der Waals surface area contributed by atoms with Crippen LogP contribution in [0.5, 0.6) is 0 Å². The SMILES string of the molecule is CC(=O)N(C)Cc1cn(C(C)c2cc(Cl)ccc2Cl)nn1. The monoisotopic (exact) mass is 326 g/mol. The summed E-state index contributed by atoms with van der Waals surface area (Å²) in [6.45, 7) is 3.90. The van der Waals surface area contributed by atoms with Crippen molar-refractivity contribution in [2.75, 3.05) is 7.05 Å². The number of halogens is 2. The van der Waals surface area contributed by atoms with Gasteiger partial charge in [-0.2, -0.15) is 0 Å². The van der Waals surface area contributed by atoms with E-state index in [4.69, 9.17) is 23.2 Å². The molecule has 1 atom stereocenters. The first-order valence-electron chi connectivity index (χ1n) is 6.46. The van der Waals surface area contributed by atoms with E-state index >= 15 is 0 Å². The molecule has 5 nitrogen and oxygen atoms in total. The number of carbonyl (C=O) groups is 1. The Hall–Kier alpha value is -1.59. The molecule has 2 aromatic rings. The van der Waals surface area contributed by atoms with Crippen LogP contribution in [0.25, 0.3) is 0 Å². The Morgan fingerprint density at radius 3 is 2.81 bits per heavy atom. The molecule has 7 heteroatoms. The first-order chi connectivity index (χ1) is 9.88. The maximum atomic E-state index is 11.2. The predicted molar refractivity (Wildman–Crippen MR) is 82.4 cm³/mol. The Balaban J connectivity index is 2.20. The second-order valence-corrected chi connectivity index (χ2v) is 5.75. The highest BCUT2D eigenvalue weighted by molar-refractivity contribution is 6.33. The molecule has 1 unspecified atom stereocenters. The second-order valence-electron chi connectivity index (χ2n) is 4.91. The van der Waals surface area contributed by atoms with Crippen molar-refractivity contribution in [3.8, 4) is 0 Å². The van der Waals surface area contributed by atoms with Crippen molar-refractivity contribution in [3.05, 3.63) is 45.7 Å². The Morgan fingerprint density at radius 1 is 1.43 bits per heavy atom. The van der Waals surface area contributed by atoms with Crippen LogP contribution >= 0.6 is 23.2 Å². The predicted octanol–water partition coefficient (Wildman–Crippen LogP) is 3.17. The van der Waals surface area contributed by atoms with Crippen LogP contribution in [0.15, 0.2) is 24.4 Å². The summed E-state index contributed by atoms with van der Waals surface area (Å²) < 4.78 is 1.71. The van der Waals surface area contributed by atoms with Gasteiger partial charge in [-0.25, -0.2) is 4.68 Å². The van der Waals surface area contributed by atoms with E-state index < -0.39 is 0 Å². The van der Waals surface area contributed by atoms with E-state index in [2.05, 4.69) is 10.3 Å². The summed E-state index contributed by atoms with van der Waals surface area (Å²) >= 11 is 12.2. The minimum atomic E-state index is -0.0971. The van der Waals surface area contributed by atoms with Gasteiger partial charge >= 0.3 is 0 Å². The van der Waals surface area contributed by atoms with Crippen LogP contribution in [0.3, 0.4) is 0 Å². The first-order valence-corrected chi connectivity index (χ1v) is 7.21. The zero-order valence-corrected chi connectivity index (χ0v) is 13.6. The van der Waals surface area contributed by atoms with Gasteiger partial charge in [0.25, 0.3) is 0 Å². The number of rotatable bonds is 4. The summed E-state index contributed by atoms with van der Waals surface area (Å²) in [4.78, 5) is 12.8. The highest BCUT2D eigenvalue weighted by Gasteiger charge is 2.15. The lowest BCUT2D eigenvalue weighted by Gasteiger charge is -2.14. The van der Waals surface area contributed by atoms with E-state index in [0.717, 1.165) is 11.3 Å². The van der Waals surface area contributed by atoms with Crippen molar-refractivity contribution in [3.63, 3.8) is 0 Å². The average molecular weight is 327 g/mol. The average Bonchev–Trinajstić information content (AvgIpc) is 2.89. The molecule has 0 bridgehead atoms. The molecular weight excluding hydrogens is 311 g/mol. The minimum absolute atomic E-state index is 0.0181. The largest absolute Gasteiger partial charge is 0.340 e. The molecule has 0 N–H and O–H groups in total. The van der Waals surface area contributed by atoms with Crippen molar-refractivity contribution in [2.24, 2.45) is 0 Å². The minimum Gasteiger partial charge on any atom is -0.340 e. The topological polar surface area (TPSA) is 51.0 Å². The van der Waals surface area contributed by atoms with Gasteiger partial charge in [0, 0.05) is 24.0 Å². The van der Waals surface area contributed by atoms with E-state index in [1.165, 1.54) is 6.92 Å². The van der Waals surface area contributed by atoms with Crippen LogP contribution in [-0.2, 0) is 11.3 Å². The van der Waals surface area contributed by atoms with Gasteiger partial charge in [0.05, 0.1) is 18.8 Å². The molecule has 0 saturated heterocycles. The van der Waals surface area contributed by atoms with E-state index in [1.54, 1.807) is 35.0 Å². The zero-order valence-electron chi connectivity index (χ0n) is 12.0. The molecule has 21 heavy (non-hydrogen) atoms. The highest BCUT2D eigenvalue weighted by atomic mass is 35.5. The maximum absolute atomic E-state index is 11.2. The highest BCUT2D eigenvalue weighted by Crippen LogP contribution is 2.28. The number of hydrogen-bond acceptors (Lipinski definition) is 3. The molecule has 1 amide bonds. The molecule has 0 fully saturated rings. The summed E-state index contributed by atoms with van der Waals surface area (Å²) in [7, 11) is 1.72. The second kappa shape index (κ2) is 6.45. The summed E-state index contributed by atoms with van der Waals surface area (Å²) in [6, 6.07) is 5.23. The molecule has 0 aliphatic heterocycles. The van der Waals surface area contributed by atoms with Gasteiger partial charge in [-0.3, -0.25) is 4.79 Å². The van der Waals surface area contributed by atoms with E-state index in [1.807, 2.05) is 13.0 Å². The zero-order chi connectivity index (χ0) is 15.6. The molecule has 0 aliphatic carbocycles. The van der Waals surface area contributed by atoms with Gasteiger partial charge in [-0.05, 0) is 30.7 Å². The van der Waals surface area contributed by atoms with Crippen LogP contribution in [0.2, 0.25) is 10.0 Å². The Morgan fingerprint density at radius 2 is 2.14 bits per heavy atom. The van der Waals surface area contributed by atoms with Crippen molar-refractivity contribution in [1.82, 2.24) is 19.9 Å². The maximum Gasteiger partial charge on any atom is 0.219 e. The third kappa shape index (κ3) is 3.74. The van der Waals surface area contributed by atoms with Crippen LogP contribution in [0.1, 0.15) is 31.1 Å². The lowest BCUT2D eigenvalue weighted by Crippen LogP contribution is -2.23. The van der Waals surface area contributed by atoms with Gasteiger partial charge in [0.1, 0.15) is 5.69 Å². The Labute approximate surface area is 133 Å². The number of nitrogens with zero attached hydrogens (tertiary/aromatic N) is 4. The summed E-state index contributed by atoms with van der Waals surface area (Å²) in [5.41, 5.74) is 1.60. The number of benzene rings is 1. The Bertz CT molecular complexity index is 656. The molecule has 1 heterocycles. The fourth-order valence-electron chi connectivity index (χ4n) is 1.91. The number of amides is 1. The molecule has 1 aromatic carbocycles. The van der Waals surface area contributed by atoms with Crippen LogP contribution in [0, 0.1) is 0 Å². The van der Waals surface area contributed by atoms with Crippen LogP contribution < -0.4 is 0 Å². The lowest BCUT2D eigenvalue weighted by molar-refractivity contribution is -0.128. The smallest absolute Gasteiger partial charge is 0.219 e. The van der Waals surface area contributed by atoms with Crippen LogP contribution in [0.4, 0.5) is 0 Å². The molecule has 2 rings (SSSR count). The number of carbonyl (C=O) groups excluding carboxylic acids is 1. The normalized spacial score (nSPS) is 12.2. The molecule has 1 aromatic heterocycles. The Kier molecular flexibility index (Phi) is 4.85. The summed E-state index contributed by atoms with van der Waals surface area (Å²) in [5, 5.41) is 9.44. The molecule has 0 aliphatic rings. The summed E-state index contributed by atoms with van der Waals surface area (Å²) in [6.07, 6.45) is 1.81. The first kappa shape index (κ1) is 15.8. The van der Waals surface area contributed by atoms with E-state index in [9.17, 15) is 4.79 Å². The van der Waals surface area contributed by atoms with Gasteiger partial charge in [-0.15, -0.1) is 5.10 Å². The molecular formula is C14H16Cl2N4O. The van der Waals surface area contributed by atoms with Crippen molar-refractivity contribution in [1.29, 1.82) is 0 Å². The van der Waals surface area contributed by atoms with Crippen molar-refractivity contribution < 1.29 is 4.79 Å². The third-order valence-corrected chi connectivity index (χ3v) is 3.88. The molecule has 0 saturated carbocycles. The quantitative estimate of drug-likeness (QED) is 0.867. The molecule has 0 spiro atoms. The van der Waals surface area contributed by atoms with Crippen molar-refractivity contribution >= 4 is 29.1 Å². The van der Waals surface area contributed by atoms with E-state index in [-0.39, 0.29) is 11.9 Å². The lowest BCUT2D eigenvalue weighted by atomic mass is 10.1. The van der Waals surface area contributed by atoms with Gasteiger partial charge in [0.15, 0.2) is 0 Å². The molecule has 112 valence electrons. The third-order valence-electron chi connectivity index (χ3n) is 3.30. The fraction of sp³-hybridized carbons (Fsp3) is 0.357. The van der Waals surface area contributed by atoms with Gasteiger partial charge < -0.3 is 4.90 Å². The summed E-state index contributed by atoms with van der Waals surface area (Å²) in [5.74, 6) is -0.0181. The van der Waals surface area contributed by atoms with Crippen LogP contribution in [-0.4, -0.2) is 32.8 Å². The molecule has 0 radical (unpaired) electrons. The fourth-order valence-corrected chi connectivity index (χ4v) is 2.36. The standard InChI is InChI=1S/C14H16Cl2N4O/c1-9(13-6-11(15)4-5-14(13)16)20-8-12(17-18-20)7-19(3)10(2)21/h4-6,8-9H,7H2,1-3H3. The number of aromatic nitrogens is 3. The van der Waals surface area contributed by atoms with Gasteiger partial charge in [-0.1, -0.05) is 28.4 Å².